The molecule has 0 aliphatic carbocycles. The summed E-state index contributed by atoms with van der Waals surface area (Å²) in [4.78, 5) is 16.5. The number of halogens is 1. The Morgan fingerprint density at radius 3 is 2.76 bits per heavy atom. The summed E-state index contributed by atoms with van der Waals surface area (Å²) >= 11 is 3.27. The number of fused-ring (bicyclic) bond motifs is 1. The first-order valence-corrected chi connectivity index (χ1v) is 8.78. The third-order valence-electron chi connectivity index (χ3n) is 3.88. The van der Waals surface area contributed by atoms with Crippen LogP contribution in [0.4, 0.5) is 5.82 Å². The number of pyridine rings is 1. The molecular formula is C18H19BrN4O2. The van der Waals surface area contributed by atoms with Crippen molar-refractivity contribution >= 4 is 38.6 Å². The number of anilines is 1. The molecule has 0 aliphatic heterocycles. The first-order chi connectivity index (χ1) is 11.9. The van der Waals surface area contributed by atoms with Gasteiger partial charge in [-0.1, -0.05) is 28.1 Å². The molecule has 2 heterocycles. The minimum atomic E-state index is -0.303. The highest BCUT2D eigenvalue weighted by Gasteiger charge is 2.16. The Bertz CT molecular complexity index is 950. The van der Waals surface area contributed by atoms with Crippen LogP contribution in [0.3, 0.4) is 0 Å². The van der Waals surface area contributed by atoms with Crippen LogP contribution in [0.15, 0.2) is 30.3 Å². The molecule has 0 aliphatic rings. The van der Waals surface area contributed by atoms with Gasteiger partial charge in [-0.25, -0.2) is 4.98 Å². The third kappa shape index (κ3) is 3.37. The quantitative estimate of drug-likeness (QED) is 0.674. The molecule has 25 heavy (non-hydrogen) atoms. The van der Waals surface area contributed by atoms with E-state index in [1.54, 1.807) is 18.7 Å². The highest BCUT2D eigenvalue weighted by molar-refractivity contribution is 9.10. The second kappa shape index (κ2) is 6.84. The fraction of sp³-hybridized carbons (Fsp3) is 0.278. The van der Waals surface area contributed by atoms with E-state index >= 15 is 0 Å². The van der Waals surface area contributed by atoms with Crippen molar-refractivity contribution in [3.05, 3.63) is 41.6 Å². The SMILES string of the molecule is COc1cccc2c(C)cc(-n3nc(C)cc3NC(=O)C(C)Br)nc12. The van der Waals surface area contributed by atoms with Crippen LogP contribution in [0.5, 0.6) is 5.75 Å². The summed E-state index contributed by atoms with van der Waals surface area (Å²) in [5, 5.41) is 8.37. The number of carbonyl (C=O) groups is 1. The number of para-hydroxylation sites is 1. The van der Waals surface area contributed by atoms with Gasteiger partial charge >= 0.3 is 0 Å². The zero-order valence-corrected chi connectivity index (χ0v) is 16.1. The zero-order valence-electron chi connectivity index (χ0n) is 14.5. The van der Waals surface area contributed by atoms with Gasteiger partial charge in [-0.2, -0.15) is 9.78 Å². The fourth-order valence-corrected chi connectivity index (χ4v) is 2.75. The Balaban J connectivity index is 2.15. The topological polar surface area (TPSA) is 69.0 Å². The second-order valence-corrected chi connectivity index (χ2v) is 7.22. The molecule has 1 amide bonds. The van der Waals surface area contributed by atoms with Crippen molar-refractivity contribution in [1.82, 2.24) is 14.8 Å². The minimum absolute atomic E-state index is 0.142. The maximum atomic E-state index is 12.0. The van der Waals surface area contributed by atoms with Gasteiger partial charge in [0.2, 0.25) is 5.91 Å². The van der Waals surface area contributed by atoms with Gasteiger partial charge in [0.15, 0.2) is 5.82 Å². The van der Waals surface area contributed by atoms with Gasteiger partial charge in [0.25, 0.3) is 0 Å². The minimum Gasteiger partial charge on any atom is -0.494 e. The van der Waals surface area contributed by atoms with Crippen molar-refractivity contribution in [3.8, 4) is 11.6 Å². The first-order valence-electron chi connectivity index (χ1n) is 7.87. The van der Waals surface area contributed by atoms with Crippen molar-refractivity contribution in [2.45, 2.75) is 25.6 Å². The summed E-state index contributed by atoms with van der Waals surface area (Å²) in [6.07, 6.45) is 0. The number of alkyl halides is 1. The lowest BCUT2D eigenvalue weighted by Gasteiger charge is -2.12. The van der Waals surface area contributed by atoms with Gasteiger partial charge in [-0.15, -0.1) is 0 Å². The van der Waals surface area contributed by atoms with E-state index in [1.165, 1.54) is 0 Å². The number of rotatable bonds is 4. The maximum Gasteiger partial charge on any atom is 0.239 e. The van der Waals surface area contributed by atoms with Crippen LogP contribution in [-0.4, -0.2) is 32.6 Å². The van der Waals surface area contributed by atoms with E-state index in [0.29, 0.717) is 17.4 Å². The summed E-state index contributed by atoms with van der Waals surface area (Å²) in [6.45, 7) is 5.66. The molecule has 1 N–H and O–H groups in total. The molecule has 0 fully saturated rings. The van der Waals surface area contributed by atoms with Crippen LogP contribution >= 0.6 is 15.9 Å². The van der Waals surface area contributed by atoms with Crippen LogP contribution in [0, 0.1) is 13.8 Å². The van der Waals surface area contributed by atoms with Crippen LogP contribution in [0.2, 0.25) is 0 Å². The summed E-state index contributed by atoms with van der Waals surface area (Å²) < 4.78 is 7.08. The highest BCUT2D eigenvalue weighted by atomic mass is 79.9. The summed E-state index contributed by atoms with van der Waals surface area (Å²) in [7, 11) is 1.62. The van der Waals surface area contributed by atoms with Gasteiger partial charge in [0, 0.05) is 11.5 Å². The van der Waals surface area contributed by atoms with Gasteiger partial charge < -0.3 is 10.1 Å². The van der Waals surface area contributed by atoms with Crippen molar-refractivity contribution in [3.63, 3.8) is 0 Å². The predicted molar refractivity (Wildman–Crippen MR) is 102 cm³/mol. The van der Waals surface area contributed by atoms with Gasteiger partial charge in [0.05, 0.1) is 17.6 Å². The molecule has 6 nitrogen and oxygen atoms in total. The van der Waals surface area contributed by atoms with Crippen LogP contribution in [0.25, 0.3) is 16.7 Å². The molecule has 1 unspecified atom stereocenters. The van der Waals surface area contributed by atoms with E-state index in [0.717, 1.165) is 22.2 Å². The predicted octanol–water partition coefficient (Wildman–Crippen LogP) is 3.77. The first kappa shape index (κ1) is 17.4. The highest BCUT2D eigenvalue weighted by Crippen LogP contribution is 2.28. The van der Waals surface area contributed by atoms with Crippen molar-refractivity contribution in [1.29, 1.82) is 0 Å². The van der Waals surface area contributed by atoms with Crippen molar-refractivity contribution < 1.29 is 9.53 Å². The molecule has 0 saturated carbocycles. The molecule has 130 valence electrons. The number of nitrogens with one attached hydrogen (secondary N) is 1. The normalized spacial score (nSPS) is 12.2. The number of hydrogen-bond donors (Lipinski definition) is 1. The van der Waals surface area contributed by atoms with E-state index < -0.39 is 0 Å². The molecular weight excluding hydrogens is 384 g/mol. The third-order valence-corrected chi connectivity index (χ3v) is 4.29. The fourth-order valence-electron chi connectivity index (χ4n) is 2.64. The second-order valence-electron chi connectivity index (χ2n) is 5.84. The molecule has 1 atom stereocenters. The number of hydrogen-bond acceptors (Lipinski definition) is 4. The Kier molecular flexibility index (Phi) is 4.76. The number of benzene rings is 1. The molecule has 0 spiro atoms. The van der Waals surface area contributed by atoms with Gasteiger partial charge in [-0.05, 0) is 38.5 Å². The molecule has 2 aromatic heterocycles. The monoisotopic (exact) mass is 402 g/mol. The number of methoxy groups -OCH3 is 1. The van der Waals surface area contributed by atoms with E-state index in [-0.39, 0.29) is 10.7 Å². The average Bonchev–Trinajstić information content (AvgIpc) is 2.94. The lowest BCUT2D eigenvalue weighted by Crippen LogP contribution is -2.22. The Hall–Kier alpha value is -2.41. The zero-order chi connectivity index (χ0) is 18.1. The molecule has 0 radical (unpaired) electrons. The van der Waals surface area contributed by atoms with Crippen molar-refractivity contribution in [2.24, 2.45) is 0 Å². The van der Waals surface area contributed by atoms with E-state index in [1.807, 2.05) is 44.2 Å². The number of aryl methyl sites for hydroxylation is 2. The van der Waals surface area contributed by atoms with Crippen LogP contribution in [-0.2, 0) is 4.79 Å². The summed E-state index contributed by atoms with van der Waals surface area (Å²) in [6, 6.07) is 9.59. The molecule has 3 aromatic rings. The maximum absolute atomic E-state index is 12.0. The Morgan fingerprint density at radius 1 is 1.32 bits per heavy atom. The Morgan fingerprint density at radius 2 is 2.08 bits per heavy atom. The number of amides is 1. The molecule has 1 aromatic carbocycles. The average molecular weight is 403 g/mol. The Labute approximate surface area is 154 Å². The lowest BCUT2D eigenvalue weighted by atomic mass is 10.1. The number of aromatic nitrogens is 3. The summed E-state index contributed by atoms with van der Waals surface area (Å²) in [5.74, 6) is 1.76. The van der Waals surface area contributed by atoms with Crippen LogP contribution < -0.4 is 10.1 Å². The number of nitrogens with zero attached hydrogens (tertiary/aromatic N) is 3. The molecule has 7 heteroatoms. The molecule has 0 bridgehead atoms. The molecule has 0 saturated heterocycles. The van der Waals surface area contributed by atoms with E-state index in [2.05, 4.69) is 26.3 Å². The number of ether oxygens (including phenoxy) is 1. The summed E-state index contributed by atoms with van der Waals surface area (Å²) in [5.41, 5.74) is 2.61. The standard InChI is InChI=1S/C18H19BrN4O2/c1-10-8-15(20-17-13(10)6-5-7-14(17)25-4)23-16(9-11(2)22-23)21-18(24)12(3)19/h5-9,12H,1-4H3,(H,21,24). The van der Waals surface area contributed by atoms with Gasteiger partial charge in [0.1, 0.15) is 17.1 Å². The number of carbonyl (C=O) groups excluding carboxylic acids is 1. The van der Waals surface area contributed by atoms with E-state index in [9.17, 15) is 4.79 Å². The van der Waals surface area contributed by atoms with Crippen molar-refractivity contribution in [2.75, 3.05) is 12.4 Å². The largest absolute Gasteiger partial charge is 0.494 e. The molecule has 3 rings (SSSR count). The van der Waals surface area contributed by atoms with Gasteiger partial charge in [-0.3, -0.25) is 4.79 Å². The lowest BCUT2D eigenvalue weighted by molar-refractivity contribution is -0.115. The van der Waals surface area contributed by atoms with Crippen LogP contribution in [0.1, 0.15) is 18.2 Å². The van der Waals surface area contributed by atoms with E-state index in [4.69, 9.17) is 9.72 Å². The smallest absolute Gasteiger partial charge is 0.239 e.